The maximum atomic E-state index is 11.6. The summed E-state index contributed by atoms with van der Waals surface area (Å²) in [5.41, 5.74) is 0. The fourth-order valence-corrected chi connectivity index (χ4v) is 1.83. The van der Waals surface area contributed by atoms with E-state index in [4.69, 9.17) is 0 Å². The number of carbonyl (C=O) groups is 1. The van der Waals surface area contributed by atoms with Gasteiger partial charge in [-0.2, -0.15) is 0 Å². The van der Waals surface area contributed by atoms with E-state index in [0.29, 0.717) is 13.1 Å². The SMILES string of the molecule is C=CCNC(=O)N1CCN(C[C@H](O)CC)CC1. The van der Waals surface area contributed by atoms with Crippen molar-refractivity contribution in [2.45, 2.75) is 19.4 Å². The molecule has 0 aliphatic carbocycles. The summed E-state index contributed by atoms with van der Waals surface area (Å²) in [6.07, 6.45) is 2.20. The van der Waals surface area contributed by atoms with Crippen molar-refractivity contribution in [1.29, 1.82) is 0 Å². The Hall–Kier alpha value is -1.07. The number of rotatable bonds is 5. The summed E-state index contributed by atoms with van der Waals surface area (Å²) < 4.78 is 0. The minimum atomic E-state index is -0.254. The molecule has 2 N–H and O–H groups in total. The number of hydrogen-bond donors (Lipinski definition) is 2. The third-order valence-corrected chi connectivity index (χ3v) is 3.00. The van der Waals surface area contributed by atoms with E-state index in [0.717, 1.165) is 32.6 Å². The van der Waals surface area contributed by atoms with Gasteiger partial charge in [0, 0.05) is 39.3 Å². The highest BCUT2D eigenvalue weighted by molar-refractivity contribution is 5.74. The normalized spacial score (nSPS) is 18.8. The van der Waals surface area contributed by atoms with Gasteiger partial charge in [0.25, 0.3) is 0 Å². The van der Waals surface area contributed by atoms with Gasteiger partial charge in [-0.25, -0.2) is 4.79 Å². The maximum absolute atomic E-state index is 11.6. The van der Waals surface area contributed by atoms with Gasteiger partial charge in [-0.15, -0.1) is 6.58 Å². The van der Waals surface area contributed by atoms with Gasteiger partial charge in [-0.05, 0) is 6.42 Å². The van der Waals surface area contributed by atoms with Gasteiger partial charge < -0.3 is 15.3 Å². The zero-order valence-electron chi connectivity index (χ0n) is 10.6. The molecule has 0 spiro atoms. The van der Waals surface area contributed by atoms with E-state index < -0.39 is 0 Å². The smallest absolute Gasteiger partial charge is 0.317 e. The van der Waals surface area contributed by atoms with Crippen LogP contribution in [0.4, 0.5) is 4.79 Å². The van der Waals surface area contributed by atoms with Crippen LogP contribution in [-0.4, -0.2) is 66.3 Å². The van der Waals surface area contributed by atoms with Gasteiger partial charge in [0.05, 0.1) is 6.10 Å². The Morgan fingerprint density at radius 3 is 2.65 bits per heavy atom. The van der Waals surface area contributed by atoms with Gasteiger partial charge in [-0.1, -0.05) is 13.0 Å². The summed E-state index contributed by atoms with van der Waals surface area (Å²) in [6, 6.07) is -0.0272. The fraction of sp³-hybridized carbons (Fsp3) is 0.750. The lowest BCUT2D eigenvalue weighted by Gasteiger charge is -2.35. The molecule has 0 aromatic heterocycles. The van der Waals surface area contributed by atoms with Gasteiger partial charge in [0.2, 0.25) is 0 Å². The molecular formula is C12H23N3O2. The van der Waals surface area contributed by atoms with Crippen LogP contribution in [0.1, 0.15) is 13.3 Å². The molecule has 1 aliphatic heterocycles. The van der Waals surface area contributed by atoms with Crippen LogP contribution in [0.2, 0.25) is 0 Å². The van der Waals surface area contributed by atoms with Crippen LogP contribution in [-0.2, 0) is 0 Å². The number of piperazine rings is 1. The molecule has 0 unspecified atom stereocenters. The predicted octanol–water partition coefficient (Wildman–Crippen LogP) is 0.270. The predicted molar refractivity (Wildman–Crippen MR) is 67.9 cm³/mol. The molecule has 0 aromatic carbocycles. The molecule has 98 valence electrons. The van der Waals surface area contributed by atoms with Crippen LogP contribution < -0.4 is 5.32 Å². The third-order valence-electron chi connectivity index (χ3n) is 3.00. The molecule has 1 saturated heterocycles. The molecule has 1 fully saturated rings. The number of nitrogens with one attached hydrogen (secondary N) is 1. The second-order valence-corrected chi connectivity index (χ2v) is 4.32. The number of amides is 2. The van der Waals surface area contributed by atoms with Crippen LogP contribution in [0.25, 0.3) is 0 Å². The Morgan fingerprint density at radius 1 is 1.47 bits per heavy atom. The summed E-state index contributed by atoms with van der Waals surface area (Å²) in [5, 5.41) is 12.3. The van der Waals surface area contributed by atoms with Crippen LogP contribution in [0, 0.1) is 0 Å². The first kappa shape index (κ1) is 14.0. The van der Waals surface area contributed by atoms with E-state index in [1.807, 2.05) is 6.92 Å². The quantitative estimate of drug-likeness (QED) is 0.679. The van der Waals surface area contributed by atoms with Gasteiger partial charge >= 0.3 is 6.03 Å². The number of urea groups is 1. The van der Waals surface area contributed by atoms with Gasteiger partial charge in [0.15, 0.2) is 0 Å². The van der Waals surface area contributed by atoms with Crippen molar-refractivity contribution in [1.82, 2.24) is 15.1 Å². The number of hydrogen-bond acceptors (Lipinski definition) is 3. The number of carbonyl (C=O) groups excluding carboxylic acids is 1. The summed E-state index contributed by atoms with van der Waals surface area (Å²) in [4.78, 5) is 15.6. The first-order chi connectivity index (χ1) is 8.17. The number of aliphatic hydroxyl groups excluding tert-OH is 1. The minimum absolute atomic E-state index is 0.0272. The maximum Gasteiger partial charge on any atom is 0.317 e. The molecule has 0 saturated carbocycles. The van der Waals surface area contributed by atoms with Crippen molar-refractivity contribution in [2.75, 3.05) is 39.3 Å². The molecule has 0 radical (unpaired) electrons. The average Bonchev–Trinajstić information content (AvgIpc) is 2.36. The Bertz CT molecular complexity index is 250. The minimum Gasteiger partial charge on any atom is -0.392 e. The lowest BCUT2D eigenvalue weighted by Crippen LogP contribution is -2.52. The van der Waals surface area contributed by atoms with Crippen LogP contribution >= 0.6 is 0 Å². The van der Waals surface area contributed by atoms with E-state index in [1.54, 1.807) is 11.0 Å². The van der Waals surface area contributed by atoms with Crippen molar-refractivity contribution in [2.24, 2.45) is 0 Å². The van der Waals surface area contributed by atoms with E-state index in [-0.39, 0.29) is 12.1 Å². The Labute approximate surface area is 103 Å². The lowest BCUT2D eigenvalue weighted by atomic mass is 10.2. The van der Waals surface area contributed by atoms with Gasteiger partial charge in [-0.3, -0.25) is 4.90 Å². The lowest BCUT2D eigenvalue weighted by molar-refractivity contribution is 0.0793. The molecule has 17 heavy (non-hydrogen) atoms. The van der Waals surface area contributed by atoms with E-state index in [9.17, 15) is 9.90 Å². The zero-order chi connectivity index (χ0) is 12.7. The zero-order valence-corrected chi connectivity index (χ0v) is 10.6. The topological polar surface area (TPSA) is 55.8 Å². The number of β-amino-alcohol motifs (C(OH)–C–C–N with tert-alkyl or cyclic N) is 1. The largest absolute Gasteiger partial charge is 0.392 e. The molecule has 1 atom stereocenters. The van der Waals surface area contributed by atoms with Crippen LogP contribution in [0.5, 0.6) is 0 Å². The molecule has 0 bridgehead atoms. The molecular weight excluding hydrogens is 218 g/mol. The second kappa shape index (κ2) is 7.29. The van der Waals surface area contributed by atoms with Crippen molar-refractivity contribution < 1.29 is 9.90 Å². The third kappa shape index (κ3) is 4.75. The summed E-state index contributed by atoms with van der Waals surface area (Å²) >= 11 is 0. The fourth-order valence-electron chi connectivity index (χ4n) is 1.83. The number of aliphatic hydroxyl groups is 1. The highest BCUT2D eigenvalue weighted by atomic mass is 16.3. The van der Waals surface area contributed by atoms with Crippen molar-refractivity contribution >= 4 is 6.03 Å². The summed E-state index contributed by atoms with van der Waals surface area (Å²) in [6.45, 7) is 9.86. The Morgan fingerprint density at radius 2 is 2.12 bits per heavy atom. The highest BCUT2D eigenvalue weighted by Crippen LogP contribution is 2.04. The average molecular weight is 241 g/mol. The standard InChI is InChI=1S/C12H23N3O2/c1-3-5-13-12(17)15-8-6-14(7-9-15)10-11(16)4-2/h3,11,16H,1,4-10H2,2H3,(H,13,17)/t11-/m1/s1. The first-order valence-corrected chi connectivity index (χ1v) is 6.21. The van der Waals surface area contributed by atoms with Crippen molar-refractivity contribution in [3.8, 4) is 0 Å². The Balaban J connectivity index is 2.25. The van der Waals surface area contributed by atoms with E-state index in [2.05, 4.69) is 16.8 Å². The molecule has 0 aromatic rings. The van der Waals surface area contributed by atoms with E-state index >= 15 is 0 Å². The molecule has 1 heterocycles. The van der Waals surface area contributed by atoms with Gasteiger partial charge in [0.1, 0.15) is 0 Å². The van der Waals surface area contributed by atoms with E-state index in [1.165, 1.54) is 0 Å². The molecule has 2 amide bonds. The summed E-state index contributed by atoms with van der Waals surface area (Å²) in [7, 11) is 0. The van der Waals surface area contributed by atoms with Crippen LogP contribution in [0.3, 0.4) is 0 Å². The molecule has 5 nitrogen and oxygen atoms in total. The Kier molecular flexibility index (Phi) is 6.00. The highest BCUT2D eigenvalue weighted by Gasteiger charge is 2.21. The molecule has 1 rings (SSSR count). The molecule has 1 aliphatic rings. The van der Waals surface area contributed by atoms with Crippen molar-refractivity contribution in [3.63, 3.8) is 0 Å². The second-order valence-electron chi connectivity index (χ2n) is 4.32. The monoisotopic (exact) mass is 241 g/mol. The van der Waals surface area contributed by atoms with Crippen molar-refractivity contribution in [3.05, 3.63) is 12.7 Å². The molecule has 5 heteroatoms. The van der Waals surface area contributed by atoms with Crippen LogP contribution in [0.15, 0.2) is 12.7 Å². The first-order valence-electron chi connectivity index (χ1n) is 6.21. The number of nitrogens with zero attached hydrogens (tertiary/aromatic N) is 2. The summed E-state index contributed by atoms with van der Waals surface area (Å²) in [5.74, 6) is 0.